The first-order valence-electron chi connectivity index (χ1n) is 14.8. The topological polar surface area (TPSA) is 0 Å². The fraction of sp³-hybridized carbons (Fsp3) is 0.351. The normalized spacial score (nSPS) is 10.4. The van der Waals surface area contributed by atoms with E-state index in [4.69, 9.17) is 0 Å². The van der Waals surface area contributed by atoms with E-state index < -0.39 is 0 Å². The monoisotopic (exact) mass is 638 g/mol. The number of hydrogen-bond donors (Lipinski definition) is 0. The van der Waals surface area contributed by atoms with Crippen LogP contribution in [0.3, 0.4) is 0 Å². The molecule has 0 amide bonds. The van der Waals surface area contributed by atoms with Gasteiger partial charge in [-0.15, -0.1) is 74.9 Å². The maximum absolute atomic E-state index is 2.47. The Labute approximate surface area is 277 Å². The first kappa shape index (κ1) is 37.6. The van der Waals surface area contributed by atoms with Crippen LogP contribution in [0.25, 0.3) is 32.7 Å². The van der Waals surface area contributed by atoms with Gasteiger partial charge >= 0.3 is 21.7 Å². The average Bonchev–Trinajstić information content (AvgIpc) is 3.55. The van der Waals surface area contributed by atoms with E-state index in [1.807, 2.05) is 0 Å². The average molecular weight is 640 g/mol. The van der Waals surface area contributed by atoms with Crippen LogP contribution >= 0.6 is 7.92 Å². The fourth-order valence-corrected chi connectivity index (χ4v) is 7.99. The minimum atomic E-state index is 0. The third-order valence-electron chi connectivity index (χ3n) is 7.51. The van der Waals surface area contributed by atoms with Gasteiger partial charge in [0.1, 0.15) is 0 Å². The number of aryl methyl sites for hydroxylation is 1. The molecule has 0 saturated carbocycles. The predicted molar refractivity (Wildman–Crippen MR) is 174 cm³/mol. The van der Waals surface area contributed by atoms with E-state index in [9.17, 15) is 0 Å². The Bertz CT molecular complexity index is 1330. The maximum Gasteiger partial charge on any atom is 4.00 e. The molecule has 0 N–H and O–H groups in total. The van der Waals surface area contributed by atoms with Crippen LogP contribution < -0.4 is 30.1 Å². The molecule has 5 aromatic rings. The quantitative estimate of drug-likeness (QED) is 0.0747. The number of rotatable bonds is 12. The molecule has 0 aliphatic heterocycles. The van der Waals surface area contributed by atoms with Crippen LogP contribution in [0.1, 0.15) is 70.8 Å². The molecule has 41 heavy (non-hydrogen) atoms. The van der Waals surface area contributed by atoms with Crippen LogP contribution in [0.5, 0.6) is 0 Å². The van der Waals surface area contributed by atoms with Gasteiger partial charge in [-0.3, -0.25) is 0 Å². The number of hydrogen-bond acceptors (Lipinski definition) is 0. The summed E-state index contributed by atoms with van der Waals surface area (Å²) in [5, 5.41) is 7.22. The Hall–Kier alpha value is -1.40. The second kappa shape index (κ2) is 20.5. The minimum absolute atomic E-state index is 0. The first-order valence-corrected chi connectivity index (χ1v) is 16.5. The zero-order valence-electron chi connectivity index (χ0n) is 25.0. The van der Waals surface area contributed by atoms with E-state index in [0.717, 1.165) is 0 Å². The van der Waals surface area contributed by atoms with Gasteiger partial charge in [0.2, 0.25) is 0 Å². The first-order chi connectivity index (χ1) is 18.7. The van der Waals surface area contributed by atoms with E-state index in [2.05, 4.69) is 118 Å². The summed E-state index contributed by atoms with van der Waals surface area (Å²) < 4.78 is 0. The second-order valence-corrected chi connectivity index (χ2v) is 13.1. The van der Waals surface area contributed by atoms with Crippen molar-refractivity contribution < 1.29 is 46.5 Å². The molecule has 0 saturated heterocycles. The van der Waals surface area contributed by atoms with Gasteiger partial charge in [0, 0.05) is 0 Å². The minimum Gasteiger partial charge on any atom is -1.00 e. The van der Waals surface area contributed by atoms with Gasteiger partial charge in [-0.1, -0.05) is 115 Å². The maximum atomic E-state index is 2.47. The van der Waals surface area contributed by atoms with Crippen molar-refractivity contribution >= 4 is 34.8 Å². The van der Waals surface area contributed by atoms with Crippen LogP contribution in [0.2, 0.25) is 0 Å². The zero-order chi connectivity index (χ0) is 26.6. The van der Waals surface area contributed by atoms with Crippen molar-refractivity contribution in [1.29, 1.82) is 0 Å². The Balaban J connectivity index is 0.000000396. The summed E-state index contributed by atoms with van der Waals surface area (Å²) in [7, 11) is 0.0642. The molecule has 0 radical (unpaired) electrons. The Morgan fingerprint density at radius 3 is 1.85 bits per heavy atom. The van der Waals surface area contributed by atoms with Crippen LogP contribution in [-0.4, -0.2) is 12.3 Å². The molecule has 0 aliphatic rings. The van der Waals surface area contributed by atoms with Crippen molar-refractivity contribution in [3.8, 4) is 11.1 Å². The van der Waals surface area contributed by atoms with Crippen molar-refractivity contribution in [1.82, 2.24) is 0 Å². The smallest absolute Gasteiger partial charge is 1.00 e. The third kappa shape index (κ3) is 11.3. The van der Waals surface area contributed by atoms with Gasteiger partial charge in [-0.2, -0.15) is 12.1 Å². The molecule has 0 unspecified atom stereocenters. The summed E-state index contributed by atoms with van der Waals surface area (Å²) in [4.78, 5) is 0. The molecule has 0 atom stereocenters. The molecular weight excluding hydrogens is 594 g/mol. The summed E-state index contributed by atoms with van der Waals surface area (Å²) >= 11 is 0. The van der Waals surface area contributed by atoms with E-state index >= 15 is 0 Å². The van der Waals surface area contributed by atoms with Crippen LogP contribution in [0, 0.1) is 6.92 Å². The molecule has 5 aromatic carbocycles. The van der Waals surface area contributed by atoms with E-state index in [1.54, 1.807) is 5.30 Å². The Morgan fingerprint density at radius 1 is 0.610 bits per heavy atom. The summed E-state index contributed by atoms with van der Waals surface area (Å²) in [5.41, 5.74) is 3.95. The number of fused-ring (bicyclic) bond motifs is 2. The second-order valence-electron chi connectivity index (χ2n) is 10.7. The molecule has 0 aliphatic carbocycles. The van der Waals surface area contributed by atoms with Gasteiger partial charge in [-0.05, 0) is 30.7 Å². The van der Waals surface area contributed by atoms with Crippen molar-refractivity contribution in [3.63, 3.8) is 0 Å². The van der Waals surface area contributed by atoms with E-state index in [1.165, 1.54) is 102 Å². The Morgan fingerprint density at radius 2 is 1.22 bits per heavy atom. The number of halogens is 2. The zero-order valence-corrected chi connectivity index (χ0v) is 29.0. The largest absolute Gasteiger partial charge is 4.00 e. The number of benzene rings is 3. The summed E-state index contributed by atoms with van der Waals surface area (Å²) in [6.45, 7) is 6.75. The third-order valence-corrected chi connectivity index (χ3v) is 10.2. The van der Waals surface area contributed by atoms with Gasteiger partial charge in [0.15, 0.2) is 0 Å². The number of unbranched alkanes of at least 4 members (excludes halogenated alkanes) is 6. The molecule has 5 rings (SSSR count). The molecule has 216 valence electrons. The van der Waals surface area contributed by atoms with Crippen LogP contribution in [0.15, 0.2) is 97.1 Å². The molecule has 0 aromatic heterocycles. The standard InChI is InChI=1S/C21H32P.C16H13.2ClH.Ti/c1-3-5-7-11-15-22(16-12-8-6-4-2)21-17-19-13-9-10-14-20(19)18-21;1-12-10-14-8-5-9-15(16(14)11-12)13-6-3-2-4-7-13;;;/h9-10,13-14,17-18H,3-8,11-12,15-16H2,1-2H3;2-11H,1H3;2*1H;/q2*-1;;;+4/p-2. The van der Waals surface area contributed by atoms with Gasteiger partial charge in [0.25, 0.3) is 0 Å². The molecular formula is C37H45Cl2PTi. The van der Waals surface area contributed by atoms with Crippen molar-refractivity contribution in [3.05, 3.63) is 103 Å². The molecule has 0 heterocycles. The van der Waals surface area contributed by atoms with Crippen LogP contribution in [-0.2, 0) is 21.7 Å². The van der Waals surface area contributed by atoms with E-state index in [0.29, 0.717) is 0 Å². The molecule has 4 heteroatoms. The SMILES string of the molecule is CCCCCCP(CCCCCC)c1cc2ccccc2[cH-]1.Cc1cc2c(-c3ccccc3)cccc2[cH-]1.[Cl-].[Cl-].[Ti+4]. The fourth-order valence-electron chi connectivity index (χ4n) is 5.40. The predicted octanol–water partition coefficient (Wildman–Crippen LogP) is 5.37. The summed E-state index contributed by atoms with van der Waals surface area (Å²) in [5.74, 6) is 0. The molecule has 0 spiro atoms. The Kier molecular flexibility index (Phi) is 18.8. The van der Waals surface area contributed by atoms with Crippen molar-refractivity contribution in [2.24, 2.45) is 0 Å². The van der Waals surface area contributed by atoms with Crippen LogP contribution in [0.4, 0.5) is 0 Å². The van der Waals surface area contributed by atoms with E-state index in [-0.39, 0.29) is 54.5 Å². The summed E-state index contributed by atoms with van der Waals surface area (Å²) in [6.07, 6.45) is 14.1. The van der Waals surface area contributed by atoms with Gasteiger partial charge in [0.05, 0.1) is 0 Å². The molecule has 0 nitrogen and oxygen atoms in total. The van der Waals surface area contributed by atoms with Gasteiger partial charge < -0.3 is 24.8 Å². The van der Waals surface area contributed by atoms with Crippen molar-refractivity contribution in [2.75, 3.05) is 12.3 Å². The molecule has 0 bridgehead atoms. The molecule has 0 fully saturated rings. The van der Waals surface area contributed by atoms with Crippen molar-refractivity contribution in [2.45, 2.75) is 72.1 Å². The summed E-state index contributed by atoms with van der Waals surface area (Å²) in [6, 6.07) is 35.4. The van der Waals surface area contributed by atoms with Gasteiger partial charge in [-0.25, -0.2) is 0 Å².